The number of nitrogens with zero attached hydrogens (tertiary/aromatic N) is 1. The van der Waals surface area contributed by atoms with Gasteiger partial charge in [-0.25, -0.2) is 4.98 Å². The fraction of sp³-hybridized carbons (Fsp3) is 0.727. The Balaban J connectivity index is 1.84. The average Bonchev–Trinajstić information content (AvgIpc) is 2.68. The van der Waals surface area contributed by atoms with E-state index >= 15 is 0 Å². The molecule has 2 unspecified atom stereocenters. The SMILES string of the molecule is CC(C)c1cnc(CNC2CC2C)s1. The average molecular weight is 210 g/mol. The van der Waals surface area contributed by atoms with Gasteiger partial charge < -0.3 is 5.32 Å². The highest BCUT2D eigenvalue weighted by Gasteiger charge is 2.31. The van der Waals surface area contributed by atoms with Crippen LogP contribution in [-0.2, 0) is 6.54 Å². The molecule has 2 nitrogen and oxygen atoms in total. The van der Waals surface area contributed by atoms with E-state index in [0.29, 0.717) is 5.92 Å². The highest BCUT2D eigenvalue weighted by molar-refractivity contribution is 7.11. The molecule has 0 radical (unpaired) electrons. The molecule has 14 heavy (non-hydrogen) atoms. The van der Waals surface area contributed by atoms with E-state index in [-0.39, 0.29) is 0 Å². The molecule has 0 saturated heterocycles. The monoisotopic (exact) mass is 210 g/mol. The van der Waals surface area contributed by atoms with Crippen LogP contribution >= 0.6 is 11.3 Å². The standard InChI is InChI=1S/C11H18N2S/c1-7(2)10-5-13-11(14-10)6-12-9-4-8(9)3/h5,7-9,12H,4,6H2,1-3H3. The summed E-state index contributed by atoms with van der Waals surface area (Å²) < 4.78 is 0. The van der Waals surface area contributed by atoms with Crippen molar-refractivity contribution in [1.82, 2.24) is 10.3 Å². The summed E-state index contributed by atoms with van der Waals surface area (Å²) in [6, 6.07) is 0.751. The van der Waals surface area contributed by atoms with Gasteiger partial charge in [0.25, 0.3) is 0 Å². The Morgan fingerprint density at radius 3 is 2.86 bits per heavy atom. The summed E-state index contributed by atoms with van der Waals surface area (Å²) in [5.74, 6) is 1.49. The van der Waals surface area contributed by atoms with Gasteiger partial charge in [-0.05, 0) is 18.3 Å². The minimum absolute atomic E-state index is 0.612. The lowest BCUT2D eigenvalue weighted by Crippen LogP contribution is -2.16. The summed E-state index contributed by atoms with van der Waals surface area (Å²) >= 11 is 1.84. The van der Waals surface area contributed by atoms with Crippen LogP contribution in [0, 0.1) is 5.92 Å². The van der Waals surface area contributed by atoms with Gasteiger partial charge in [-0.2, -0.15) is 0 Å². The Kier molecular flexibility index (Phi) is 2.88. The van der Waals surface area contributed by atoms with E-state index in [9.17, 15) is 0 Å². The number of rotatable bonds is 4. The smallest absolute Gasteiger partial charge is 0.107 e. The van der Waals surface area contributed by atoms with Crippen LogP contribution in [0.3, 0.4) is 0 Å². The highest BCUT2D eigenvalue weighted by atomic mass is 32.1. The van der Waals surface area contributed by atoms with Crippen molar-refractivity contribution >= 4 is 11.3 Å². The minimum Gasteiger partial charge on any atom is -0.307 e. The molecule has 1 saturated carbocycles. The van der Waals surface area contributed by atoms with Crippen molar-refractivity contribution in [3.63, 3.8) is 0 Å². The van der Waals surface area contributed by atoms with Crippen molar-refractivity contribution in [1.29, 1.82) is 0 Å². The zero-order valence-electron chi connectivity index (χ0n) is 9.08. The Morgan fingerprint density at radius 2 is 2.36 bits per heavy atom. The van der Waals surface area contributed by atoms with E-state index in [0.717, 1.165) is 18.5 Å². The fourth-order valence-electron chi connectivity index (χ4n) is 1.50. The van der Waals surface area contributed by atoms with Crippen molar-refractivity contribution in [2.24, 2.45) is 5.92 Å². The molecule has 78 valence electrons. The first-order valence-corrected chi connectivity index (χ1v) is 6.16. The Morgan fingerprint density at radius 1 is 1.64 bits per heavy atom. The van der Waals surface area contributed by atoms with Crippen LogP contribution in [0.2, 0.25) is 0 Å². The molecular formula is C11H18N2S. The van der Waals surface area contributed by atoms with Gasteiger partial charge in [0.1, 0.15) is 5.01 Å². The van der Waals surface area contributed by atoms with Gasteiger partial charge >= 0.3 is 0 Å². The maximum atomic E-state index is 4.42. The van der Waals surface area contributed by atoms with Gasteiger partial charge in [-0.1, -0.05) is 20.8 Å². The number of thiazole rings is 1. The van der Waals surface area contributed by atoms with Crippen molar-refractivity contribution in [2.75, 3.05) is 0 Å². The van der Waals surface area contributed by atoms with Crippen LogP contribution in [-0.4, -0.2) is 11.0 Å². The van der Waals surface area contributed by atoms with Crippen molar-refractivity contribution in [3.8, 4) is 0 Å². The van der Waals surface area contributed by atoms with Gasteiger partial charge in [-0.15, -0.1) is 11.3 Å². The Labute approximate surface area is 89.8 Å². The third-order valence-corrected chi connectivity index (χ3v) is 4.06. The van der Waals surface area contributed by atoms with Crippen LogP contribution in [0.4, 0.5) is 0 Å². The first-order chi connectivity index (χ1) is 6.66. The molecule has 0 amide bonds. The Hall–Kier alpha value is -0.410. The van der Waals surface area contributed by atoms with Crippen LogP contribution in [0.25, 0.3) is 0 Å². The largest absolute Gasteiger partial charge is 0.307 e. The van der Waals surface area contributed by atoms with E-state index in [2.05, 4.69) is 31.1 Å². The summed E-state index contributed by atoms with van der Waals surface area (Å²) in [4.78, 5) is 5.81. The summed E-state index contributed by atoms with van der Waals surface area (Å²) in [7, 11) is 0. The third kappa shape index (κ3) is 2.34. The van der Waals surface area contributed by atoms with Crippen molar-refractivity contribution in [3.05, 3.63) is 16.1 Å². The molecule has 3 heteroatoms. The lowest BCUT2D eigenvalue weighted by atomic mass is 10.2. The van der Waals surface area contributed by atoms with E-state index in [1.54, 1.807) is 0 Å². The molecule has 1 aliphatic rings. The lowest BCUT2D eigenvalue weighted by Gasteiger charge is -1.99. The van der Waals surface area contributed by atoms with Crippen molar-refractivity contribution in [2.45, 2.75) is 45.7 Å². The predicted molar refractivity (Wildman–Crippen MR) is 60.6 cm³/mol. The third-order valence-electron chi connectivity index (χ3n) is 2.77. The lowest BCUT2D eigenvalue weighted by molar-refractivity contribution is 0.650. The van der Waals surface area contributed by atoms with E-state index in [4.69, 9.17) is 0 Å². The predicted octanol–water partition coefficient (Wildman–Crippen LogP) is 2.76. The molecule has 0 bridgehead atoms. The highest BCUT2D eigenvalue weighted by Crippen LogP contribution is 2.29. The molecule has 0 spiro atoms. The first kappa shape index (κ1) is 10.1. The molecule has 2 rings (SSSR count). The minimum atomic E-state index is 0.612. The quantitative estimate of drug-likeness (QED) is 0.826. The molecule has 1 aromatic heterocycles. The zero-order chi connectivity index (χ0) is 10.1. The van der Waals surface area contributed by atoms with E-state index < -0.39 is 0 Å². The normalized spacial score (nSPS) is 25.7. The Bertz CT molecular complexity index is 306. The molecule has 2 atom stereocenters. The second kappa shape index (κ2) is 3.99. The molecule has 0 aliphatic heterocycles. The van der Waals surface area contributed by atoms with Gasteiger partial charge in [0, 0.05) is 23.7 Å². The molecular weight excluding hydrogens is 192 g/mol. The second-order valence-electron chi connectivity index (χ2n) is 4.51. The van der Waals surface area contributed by atoms with Gasteiger partial charge in [0.2, 0.25) is 0 Å². The van der Waals surface area contributed by atoms with Crippen LogP contribution in [0.5, 0.6) is 0 Å². The summed E-state index contributed by atoms with van der Waals surface area (Å²) in [5, 5.41) is 4.75. The maximum absolute atomic E-state index is 4.42. The number of aromatic nitrogens is 1. The molecule has 1 aliphatic carbocycles. The summed E-state index contributed by atoms with van der Waals surface area (Å²) in [6.07, 6.45) is 3.35. The molecule has 1 N–H and O–H groups in total. The summed E-state index contributed by atoms with van der Waals surface area (Å²) in [6.45, 7) is 7.67. The van der Waals surface area contributed by atoms with E-state index in [1.807, 2.05) is 17.5 Å². The topological polar surface area (TPSA) is 24.9 Å². The first-order valence-electron chi connectivity index (χ1n) is 5.35. The maximum Gasteiger partial charge on any atom is 0.107 e. The van der Waals surface area contributed by atoms with Gasteiger partial charge in [0.05, 0.1) is 0 Å². The molecule has 1 fully saturated rings. The van der Waals surface area contributed by atoms with Crippen LogP contribution in [0.1, 0.15) is 43.0 Å². The molecule has 1 heterocycles. The van der Waals surface area contributed by atoms with Gasteiger partial charge in [0.15, 0.2) is 0 Å². The van der Waals surface area contributed by atoms with Crippen LogP contribution < -0.4 is 5.32 Å². The van der Waals surface area contributed by atoms with Crippen molar-refractivity contribution < 1.29 is 0 Å². The molecule has 1 aromatic rings. The zero-order valence-corrected chi connectivity index (χ0v) is 9.90. The van der Waals surface area contributed by atoms with Gasteiger partial charge in [-0.3, -0.25) is 0 Å². The second-order valence-corrected chi connectivity index (χ2v) is 5.66. The fourth-order valence-corrected chi connectivity index (χ4v) is 2.37. The number of nitrogens with one attached hydrogen (secondary N) is 1. The van der Waals surface area contributed by atoms with E-state index in [1.165, 1.54) is 16.3 Å². The molecule has 0 aromatic carbocycles. The number of hydrogen-bond donors (Lipinski definition) is 1. The number of hydrogen-bond acceptors (Lipinski definition) is 3. The summed E-state index contributed by atoms with van der Waals surface area (Å²) in [5.41, 5.74) is 0. The van der Waals surface area contributed by atoms with Crippen LogP contribution in [0.15, 0.2) is 6.20 Å².